The molecule has 4 nitrogen and oxygen atoms in total. The third kappa shape index (κ3) is 3.68. The quantitative estimate of drug-likeness (QED) is 0.449. The number of benzene rings is 2. The lowest BCUT2D eigenvalue weighted by Crippen LogP contribution is -1.91. The third-order valence-electron chi connectivity index (χ3n) is 3.34. The molecule has 1 heterocycles. The van der Waals surface area contributed by atoms with Gasteiger partial charge < -0.3 is 5.73 Å². The zero-order valence-corrected chi connectivity index (χ0v) is 13.1. The summed E-state index contributed by atoms with van der Waals surface area (Å²) in [6, 6.07) is 17.7. The van der Waals surface area contributed by atoms with E-state index in [4.69, 9.17) is 11.0 Å². The van der Waals surface area contributed by atoms with E-state index >= 15 is 0 Å². The Balaban J connectivity index is 1.81. The highest BCUT2D eigenvalue weighted by Crippen LogP contribution is 2.26. The van der Waals surface area contributed by atoms with Gasteiger partial charge in [0.2, 0.25) is 0 Å². The van der Waals surface area contributed by atoms with Crippen molar-refractivity contribution in [1.82, 2.24) is 9.97 Å². The van der Waals surface area contributed by atoms with Crippen LogP contribution >= 0.6 is 11.8 Å². The van der Waals surface area contributed by atoms with Crippen LogP contribution in [0.3, 0.4) is 0 Å². The topological polar surface area (TPSA) is 75.6 Å². The molecule has 0 bridgehead atoms. The van der Waals surface area contributed by atoms with Gasteiger partial charge in [-0.15, -0.1) is 0 Å². The normalized spacial score (nSPS) is 10.2. The van der Waals surface area contributed by atoms with Crippen LogP contribution in [0.1, 0.15) is 11.1 Å². The maximum atomic E-state index is 9.11. The maximum Gasteiger partial charge on any atom is 0.187 e. The Morgan fingerprint density at radius 1 is 1.00 bits per heavy atom. The Kier molecular flexibility index (Phi) is 4.55. The predicted octanol–water partition coefficient (Wildman–Crippen LogP) is 3.89. The molecule has 0 amide bonds. The molecule has 3 aromatic rings. The molecule has 0 aliphatic rings. The number of aromatic nitrogens is 2. The van der Waals surface area contributed by atoms with Gasteiger partial charge in [0.15, 0.2) is 5.16 Å². The molecule has 0 saturated heterocycles. The van der Waals surface area contributed by atoms with Gasteiger partial charge in [0.1, 0.15) is 6.07 Å². The van der Waals surface area contributed by atoms with Crippen LogP contribution in [0.5, 0.6) is 0 Å². The van der Waals surface area contributed by atoms with Gasteiger partial charge in [-0.25, -0.2) is 9.97 Å². The van der Waals surface area contributed by atoms with Crippen LogP contribution in [-0.2, 0) is 5.75 Å². The summed E-state index contributed by atoms with van der Waals surface area (Å²) in [6.07, 6.45) is 3.48. The number of thioether (sulfide) groups is 1. The van der Waals surface area contributed by atoms with Crippen molar-refractivity contribution >= 4 is 17.4 Å². The number of hydrogen-bond donors (Lipinski definition) is 1. The Labute approximate surface area is 139 Å². The molecule has 0 fully saturated rings. The minimum atomic E-state index is 0.500. The number of nitriles is 1. The fourth-order valence-corrected chi connectivity index (χ4v) is 2.93. The monoisotopic (exact) mass is 318 g/mol. The van der Waals surface area contributed by atoms with E-state index in [1.54, 1.807) is 36.3 Å². The first-order valence-corrected chi connectivity index (χ1v) is 8.03. The summed E-state index contributed by atoms with van der Waals surface area (Å²) in [5.41, 5.74) is 10.0. The SMILES string of the molecule is N#Cc1cc(-c2cccc(CSc3ncccn3)c2)ccc1N. The number of rotatable bonds is 4. The van der Waals surface area contributed by atoms with Gasteiger partial charge in [-0.3, -0.25) is 0 Å². The molecular weight excluding hydrogens is 304 g/mol. The summed E-state index contributed by atoms with van der Waals surface area (Å²) >= 11 is 1.59. The molecule has 2 N–H and O–H groups in total. The number of nitrogens with zero attached hydrogens (tertiary/aromatic N) is 3. The summed E-state index contributed by atoms with van der Waals surface area (Å²) in [7, 11) is 0. The van der Waals surface area contributed by atoms with Crippen molar-refractivity contribution in [1.29, 1.82) is 5.26 Å². The van der Waals surface area contributed by atoms with Gasteiger partial charge in [0, 0.05) is 23.8 Å². The largest absolute Gasteiger partial charge is 0.398 e. The summed E-state index contributed by atoms with van der Waals surface area (Å²) in [4.78, 5) is 8.42. The van der Waals surface area contributed by atoms with E-state index in [-0.39, 0.29) is 0 Å². The number of hydrogen-bond acceptors (Lipinski definition) is 5. The summed E-state index contributed by atoms with van der Waals surface area (Å²) < 4.78 is 0. The van der Waals surface area contributed by atoms with E-state index in [1.807, 2.05) is 24.3 Å². The fourth-order valence-electron chi connectivity index (χ4n) is 2.18. The van der Waals surface area contributed by atoms with Gasteiger partial charge in [0.05, 0.1) is 5.56 Å². The molecule has 0 atom stereocenters. The van der Waals surface area contributed by atoms with Crippen molar-refractivity contribution in [3.8, 4) is 17.2 Å². The Hall–Kier alpha value is -2.84. The van der Waals surface area contributed by atoms with Gasteiger partial charge >= 0.3 is 0 Å². The van der Waals surface area contributed by atoms with E-state index in [1.165, 1.54) is 5.56 Å². The fraction of sp³-hybridized carbons (Fsp3) is 0.0556. The van der Waals surface area contributed by atoms with Crippen LogP contribution in [0.4, 0.5) is 5.69 Å². The molecule has 5 heteroatoms. The molecule has 23 heavy (non-hydrogen) atoms. The van der Waals surface area contributed by atoms with E-state index in [0.29, 0.717) is 11.3 Å². The Bertz CT molecular complexity index is 856. The van der Waals surface area contributed by atoms with Crippen LogP contribution in [0.25, 0.3) is 11.1 Å². The van der Waals surface area contributed by atoms with Gasteiger partial charge in [-0.2, -0.15) is 5.26 Å². The zero-order valence-electron chi connectivity index (χ0n) is 12.3. The minimum Gasteiger partial charge on any atom is -0.398 e. The van der Waals surface area contributed by atoms with Crippen LogP contribution in [-0.4, -0.2) is 9.97 Å². The first kappa shape index (κ1) is 15.1. The number of nitrogens with two attached hydrogens (primary N) is 1. The lowest BCUT2D eigenvalue weighted by Gasteiger charge is -2.07. The van der Waals surface area contributed by atoms with Crippen LogP contribution in [0.15, 0.2) is 66.1 Å². The van der Waals surface area contributed by atoms with Crippen LogP contribution in [0.2, 0.25) is 0 Å². The second-order valence-electron chi connectivity index (χ2n) is 4.93. The van der Waals surface area contributed by atoms with Crippen molar-refractivity contribution in [3.63, 3.8) is 0 Å². The summed E-state index contributed by atoms with van der Waals surface area (Å²) in [5.74, 6) is 0.790. The molecule has 112 valence electrons. The smallest absolute Gasteiger partial charge is 0.187 e. The lowest BCUT2D eigenvalue weighted by molar-refractivity contribution is 0.966. The molecule has 0 radical (unpaired) electrons. The van der Waals surface area contributed by atoms with Gasteiger partial charge in [-0.1, -0.05) is 42.1 Å². The van der Waals surface area contributed by atoms with Crippen molar-refractivity contribution < 1.29 is 0 Å². The highest BCUT2D eigenvalue weighted by atomic mass is 32.2. The summed E-state index contributed by atoms with van der Waals surface area (Å²) in [6.45, 7) is 0. The third-order valence-corrected chi connectivity index (χ3v) is 4.29. The molecule has 0 unspecified atom stereocenters. The van der Waals surface area contributed by atoms with Crippen molar-refractivity contribution in [2.75, 3.05) is 5.73 Å². The molecule has 0 saturated carbocycles. The predicted molar refractivity (Wildman–Crippen MR) is 92.6 cm³/mol. The highest BCUT2D eigenvalue weighted by Gasteiger charge is 2.05. The first-order chi connectivity index (χ1) is 11.3. The minimum absolute atomic E-state index is 0.500. The second-order valence-corrected chi connectivity index (χ2v) is 5.88. The first-order valence-electron chi connectivity index (χ1n) is 7.05. The van der Waals surface area contributed by atoms with E-state index in [9.17, 15) is 0 Å². The molecule has 0 spiro atoms. The van der Waals surface area contributed by atoms with E-state index in [2.05, 4.69) is 28.2 Å². The number of nitrogen functional groups attached to an aromatic ring is 1. The van der Waals surface area contributed by atoms with E-state index in [0.717, 1.165) is 22.0 Å². The Morgan fingerprint density at radius 2 is 1.78 bits per heavy atom. The van der Waals surface area contributed by atoms with Gasteiger partial charge in [-0.05, 0) is 34.9 Å². The molecule has 3 rings (SSSR count). The average Bonchev–Trinajstić information content (AvgIpc) is 2.61. The molecule has 0 aliphatic heterocycles. The van der Waals surface area contributed by atoms with Crippen molar-refractivity contribution in [2.24, 2.45) is 0 Å². The van der Waals surface area contributed by atoms with Crippen molar-refractivity contribution in [2.45, 2.75) is 10.9 Å². The molecule has 1 aromatic heterocycles. The Morgan fingerprint density at radius 3 is 2.57 bits per heavy atom. The van der Waals surface area contributed by atoms with Gasteiger partial charge in [0.25, 0.3) is 0 Å². The van der Waals surface area contributed by atoms with Crippen LogP contribution in [0, 0.1) is 11.3 Å². The molecule has 0 aliphatic carbocycles. The van der Waals surface area contributed by atoms with Crippen LogP contribution < -0.4 is 5.73 Å². The molecule has 2 aromatic carbocycles. The average molecular weight is 318 g/mol. The lowest BCUT2D eigenvalue weighted by atomic mass is 10.0. The molecular formula is C18H14N4S. The summed E-state index contributed by atoms with van der Waals surface area (Å²) in [5, 5.41) is 9.87. The zero-order chi connectivity index (χ0) is 16.1. The van der Waals surface area contributed by atoms with Crippen molar-refractivity contribution in [3.05, 3.63) is 72.1 Å². The van der Waals surface area contributed by atoms with E-state index < -0.39 is 0 Å². The second kappa shape index (κ2) is 6.95. The standard InChI is InChI=1S/C18H14N4S/c19-11-16-10-15(5-6-17(16)20)14-4-1-3-13(9-14)12-23-18-21-7-2-8-22-18/h1-10H,12,20H2. The number of anilines is 1. The highest BCUT2D eigenvalue weighted by molar-refractivity contribution is 7.98. The maximum absolute atomic E-state index is 9.11.